The van der Waals surface area contributed by atoms with E-state index in [2.05, 4.69) is 26.2 Å². The van der Waals surface area contributed by atoms with Gasteiger partial charge in [-0.15, -0.1) is 5.73 Å². The summed E-state index contributed by atoms with van der Waals surface area (Å²) in [5.41, 5.74) is 4.31. The molecule has 0 aromatic rings. The maximum absolute atomic E-state index is 3.68. The molecule has 1 saturated carbocycles. The first kappa shape index (κ1) is 10.6. The van der Waals surface area contributed by atoms with Gasteiger partial charge in [0.05, 0.1) is 0 Å². The van der Waals surface area contributed by atoms with E-state index in [1.165, 1.54) is 44.1 Å². The van der Waals surface area contributed by atoms with Gasteiger partial charge >= 0.3 is 0 Å². The molecule has 0 spiro atoms. The van der Waals surface area contributed by atoms with Gasteiger partial charge in [-0.25, -0.2) is 0 Å². The lowest BCUT2D eigenvalue weighted by molar-refractivity contribution is 0.270. The highest BCUT2D eigenvalue weighted by Crippen LogP contribution is 2.31. The van der Waals surface area contributed by atoms with Gasteiger partial charge in [0, 0.05) is 0 Å². The summed E-state index contributed by atoms with van der Waals surface area (Å²) in [6, 6.07) is 0. The van der Waals surface area contributed by atoms with Gasteiger partial charge in [-0.1, -0.05) is 32.8 Å². The molecule has 0 aromatic carbocycles. The van der Waals surface area contributed by atoms with Crippen LogP contribution >= 0.6 is 0 Å². The van der Waals surface area contributed by atoms with Gasteiger partial charge in [-0.05, 0) is 43.6 Å². The largest absolute Gasteiger partial charge is 0.130 e. The topological polar surface area (TPSA) is 0 Å². The summed E-state index contributed by atoms with van der Waals surface area (Å²) in [5.74, 6) is 1.94. The third kappa shape index (κ3) is 3.83. The van der Waals surface area contributed by atoms with E-state index in [9.17, 15) is 0 Å². The Morgan fingerprint density at radius 1 is 1.46 bits per heavy atom. The van der Waals surface area contributed by atoms with Gasteiger partial charge in [0.2, 0.25) is 0 Å². The van der Waals surface area contributed by atoms with Crippen molar-refractivity contribution in [1.29, 1.82) is 0 Å². The molecule has 1 unspecified atom stereocenters. The molecule has 0 amide bonds. The molecule has 1 aliphatic carbocycles. The van der Waals surface area contributed by atoms with Crippen molar-refractivity contribution in [2.75, 3.05) is 0 Å². The molecule has 0 heteroatoms. The van der Waals surface area contributed by atoms with E-state index < -0.39 is 0 Å². The summed E-state index contributed by atoms with van der Waals surface area (Å²) in [6.07, 6.45) is 8.37. The lowest BCUT2D eigenvalue weighted by Gasteiger charge is -2.26. The predicted octanol–water partition coefficient (Wildman–Crippen LogP) is 4.32. The van der Waals surface area contributed by atoms with Crippen LogP contribution in [-0.2, 0) is 0 Å². The molecule has 0 radical (unpaired) electrons. The van der Waals surface area contributed by atoms with Crippen molar-refractivity contribution in [3.8, 4) is 0 Å². The van der Waals surface area contributed by atoms with E-state index >= 15 is 0 Å². The zero-order valence-corrected chi connectivity index (χ0v) is 9.10. The minimum atomic E-state index is 0.965. The van der Waals surface area contributed by atoms with Crippen LogP contribution in [0.25, 0.3) is 0 Å². The van der Waals surface area contributed by atoms with Crippen molar-refractivity contribution in [2.45, 2.75) is 52.4 Å². The van der Waals surface area contributed by atoms with Gasteiger partial charge in [-0.3, -0.25) is 0 Å². The zero-order valence-electron chi connectivity index (χ0n) is 9.10. The first-order valence-corrected chi connectivity index (χ1v) is 5.58. The monoisotopic (exact) mass is 178 g/mol. The van der Waals surface area contributed by atoms with Crippen molar-refractivity contribution < 1.29 is 0 Å². The molecule has 0 saturated heterocycles. The average molecular weight is 178 g/mol. The first-order valence-electron chi connectivity index (χ1n) is 5.58. The molecule has 1 fully saturated rings. The Hall–Kier alpha value is -0.480. The molecule has 0 bridgehead atoms. The molecule has 0 N–H and O–H groups in total. The highest BCUT2D eigenvalue weighted by molar-refractivity contribution is 4.94. The molecular formula is C13H22. The molecule has 0 nitrogen and oxygen atoms in total. The van der Waals surface area contributed by atoms with E-state index in [0.717, 1.165) is 11.8 Å². The number of rotatable bonds is 3. The van der Waals surface area contributed by atoms with Crippen LogP contribution in [0.3, 0.4) is 0 Å². The summed E-state index contributed by atoms with van der Waals surface area (Å²) in [4.78, 5) is 0. The van der Waals surface area contributed by atoms with Gasteiger partial charge < -0.3 is 0 Å². The molecule has 13 heavy (non-hydrogen) atoms. The quantitative estimate of drug-likeness (QED) is 0.564. The lowest BCUT2D eigenvalue weighted by atomic mass is 9.80. The van der Waals surface area contributed by atoms with Crippen molar-refractivity contribution in [3.63, 3.8) is 0 Å². The molecule has 2 atom stereocenters. The van der Waals surface area contributed by atoms with Crippen LogP contribution in [0, 0.1) is 11.8 Å². The molecule has 0 heterocycles. The van der Waals surface area contributed by atoms with Crippen LogP contribution in [0.15, 0.2) is 17.9 Å². The highest BCUT2D eigenvalue weighted by Gasteiger charge is 2.18. The third-order valence-electron chi connectivity index (χ3n) is 3.27. The van der Waals surface area contributed by atoms with Crippen LogP contribution < -0.4 is 0 Å². The van der Waals surface area contributed by atoms with E-state index in [4.69, 9.17) is 0 Å². The maximum atomic E-state index is 3.68. The Morgan fingerprint density at radius 3 is 2.85 bits per heavy atom. The normalized spacial score (nSPS) is 28.2. The highest BCUT2D eigenvalue weighted by atomic mass is 14.2. The molecule has 0 aliphatic heterocycles. The second-order valence-corrected chi connectivity index (χ2v) is 4.63. The van der Waals surface area contributed by atoms with Gasteiger partial charge in [-0.2, -0.15) is 0 Å². The predicted molar refractivity (Wildman–Crippen MR) is 58.7 cm³/mol. The Labute approximate surface area is 82.7 Å². The molecule has 0 aromatic heterocycles. The van der Waals surface area contributed by atoms with Crippen LogP contribution in [0.5, 0.6) is 0 Å². The van der Waals surface area contributed by atoms with Crippen molar-refractivity contribution in [2.24, 2.45) is 11.8 Å². The van der Waals surface area contributed by atoms with Crippen LogP contribution in [0.4, 0.5) is 0 Å². The van der Waals surface area contributed by atoms with E-state index in [-0.39, 0.29) is 0 Å². The molecule has 1 aliphatic rings. The molecule has 74 valence electrons. The summed E-state index contributed by atoms with van der Waals surface area (Å²) < 4.78 is 0. The number of allylic oxidation sites excluding steroid dienone is 1. The average Bonchev–Trinajstić information content (AvgIpc) is 2.14. The van der Waals surface area contributed by atoms with Gasteiger partial charge in [0.15, 0.2) is 0 Å². The van der Waals surface area contributed by atoms with Gasteiger partial charge in [0.1, 0.15) is 0 Å². The van der Waals surface area contributed by atoms with Crippen molar-refractivity contribution in [1.82, 2.24) is 0 Å². The van der Waals surface area contributed by atoms with Crippen LogP contribution in [0.2, 0.25) is 0 Å². The summed E-state index contributed by atoms with van der Waals surface area (Å²) in [7, 11) is 0. The van der Waals surface area contributed by atoms with Crippen molar-refractivity contribution in [3.05, 3.63) is 17.9 Å². The summed E-state index contributed by atoms with van der Waals surface area (Å²) in [5, 5.41) is 0. The third-order valence-corrected chi connectivity index (χ3v) is 3.27. The second kappa shape index (κ2) is 5.29. The van der Waals surface area contributed by atoms with Crippen LogP contribution in [-0.4, -0.2) is 0 Å². The van der Waals surface area contributed by atoms with Crippen molar-refractivity contribution >= 4 is 0 Å². The molecular weight excluding hydrogens is 156 g/mol. The van der Waals surface area contributed by atoms with E-state index in [1.54, 1.807) is 0 Å². The fourth-order valence-corrected chi connectivity index (χ4v) is 2.33. The zero-order chi connectivity index (χ0) is 9.68. The standard InChI is InChI=1S/C13H22/c1-4-11(2)8-9-13-7-5-6-12(3)10-13/h12-13H,1,5-10H2,2-3H3/t12?,13-/m1/s1. The Bertz CT molecular complexity index is 196. The Balaban J connectivity index is 2.24. The maximum Gasteiger partial charge on any atom is -0.0244 e. The van der Waals surface area contributed by atoms with E-state index in [1.807, 2.05) is 0 Å². The molecule has 1 rings (SSSR count). The lowest BCUT2D eigenvalue weighted by Crippen LogP contribution is -2.13. The van der Waals surface area contributed by atoms with E-state index in [0.29, 0.717) is 0 Å². The Kier molecular flexibility index (Phi) is 4.32. The first-order chi connectivity index (χ1) is 6.22. The smallest absolute Gasteiger partial charge is 0.0244 e. The van der Waals surface area contributed by atoms with Crippen LogP contribution in [0.1, 0.15) is 52.4 Å². The fourth-order valence-electron chi connectivity index (χ4n) is 2.33. The summed E-state index contributed by atoms with van der Waals surface area (Å²) >= 11 is 0. The number of hydrogen-bond donors (Lipinski definition) is 0. The fraction of sp³-hybridized carbons (Fsp3) is 0.769. The second-order valence-electron chi connectivity index (χ2n) is 4.63. The Morgan fingerprint density at radius 2 is 2.23 bits per heavy atom. The summed E-state index contributed by atoms with van der Waals surface area (Å²) in [6.45, 7) is 8.21. The number of hydrogen-bond acceptors (Lipinski definition) is 0. The minimum absolute atomic E-state index is 0.965. The van der Waals surface area contributed by atoms with Gasteiger partial charge in [0.25, 0.3) is 0 Å². The minimum Gasteiger partial charge on any atom is -0.130 e. The SMILES string of the molecule is C=C=C(C)CC[C@H]1CCCC(C)C1.